The molecule has 116 valence electrons. The highest BCUT2D eigenvalue weighted by atomic mass is 16.4. The van der Waals surface area contributed by atoms with Crippen LogP contribution in [0.4, 0.5) is 4.79 Å². The second-order valence-corrected chi connectivity index (χ2v) is 4.95. The van der Waals surface area contributed by atoms with Gasteiger partial charge in [-0.05, 0) is 20.3 Å². The molecular formula is C13H25N3O4. The maximum Gasteiger partial charge on any atom is 0.320 e. The molecule has 0 saturated carbocycles. The molecule has 20 heavy (non-hydrogen) atoms. The number of unbranched alkanes of at least 4 members (excludes halogenated alkanes) is 1. The molecule has 0 aliphatic rings. The number of nitrogens with zero attached hydrogens (tertiary/aromatic N) is 2. The number of urea groups is 1. The van der Waals surface area contributed by atoms with Crippen LogP contribution in [0, 0.1) is 0 Å². The van der Waals surface area contributed by atoms with Crippen molar-refractivity contribution in [1.29, 1.82) is 0 Å². The molecule has 0 saturated heterocycles. The molecule has 3 amide bonds. The predicted molar refractivity (Wildman–Crippen MR) is 75.2 cm³/mol. The summed E-state index contributed by atoms with van der Waals surface area (Å²) in [4.78, 5) is 36.9. The third kappa shape index (κ3) is 6.96. The summed E-state index contributed by atoms with van der Waals surface area (Å²) in [5.41, 5.74) is 5.16. The van der Waals surface area contributed by atoms with Gasteiger partial charge in [-0.3, -0.25) is 9.59 Å². The summed E-state index contributed by atoms with van der Waals surface area (Å²) < 4.78 is 0. The lowest BCUT2D eigenvalue weighted by molar-refractivity contribution is -0.137. The first-order valence-electron chi connectivity index (χ1n) is 6.85. The Balaban J connectivity index is 4.83. The van der Waals surface area contributed by atoms with Crippen LogP contribution in [0.5, 0.6) is 0 Å². The molecule has 0 unspecified atom stereocenters. The monoisotopic (exact) mass is 287 g/mol. The molecule has 0 heterocycles. The van der Waals surface area contributed by atoms with Gasteiger partial charge in [-0.15, -0.1) is 0 Å². The molecule has 0 fully saturated rings. The third-order valence-corrected chi connectivity index (χ3v) is 2.83. The summed E-state index contributed by atoms with van der Waals surface area (Å²) in [5, 5.41) is 8.73. The molecule has 7 heteroatoms. The van der Waals surface area contributed by atoms with Crippen molar-refractivity contribution in [2.45, 2.75) is 46.1 Å². The molecule has 0 radical (unpaired) electrons. The number of carbonyl (C=O) groups excluding carboxylic acids is 2. The van der Waals surface area contributed by atoms with Crippen molar-refractivity contribution in [1.82, 2.24) is 9.80 Å². The van der Waals surface area contributed by atoms with Crippen molar-refractivity contribution in [3.8, 4) is 0 Å². The number of carboxylic acids is 1. The lowest BCUT2D eigenvalue weighted by Gasteiger charge is -2.32. The zero-order chi connectivity index (χ0) is 15.7. The zero-order valence-corrected chi connectivity index (χ0v) is 12.5. The second-order valence-electron chi connectivity index (χ2n) is 4.95. The Morgan fingerprint density at radius 3 is 2.20 bits per heavy atom. The van der Waals surface area contributed by atoms with E-state index in [1.165, 1.54) is 9.80 Å². The minimum Gasteiger partial charge on any atom is -0.481 e. The summed E-state index contributed by atoms with van der Waals surface area (Å²) in [6.07, 6.45) is 1.53. The predicted octanol–water partition coefficient (Wildman–Crippen LogP) is 0.879. The van der Waals surface area contributed by atoms with E-state index in [4.69, 9.17) is 10.8 Å². The number of rotatable bonds is 9. The number of hydrogen-bond donors (Lipinski definition) is 2. The largest absolute Gasteiger partial charge is 0.481 e. The van der Waals surface area contributed by atoms with Crippen LogP contribution in [0.3, 0.4) is 0 Å². The fourth-order valence-corrected chi connectivity index (χ4v) is 1.75. The Morgan fingerprint density at radius 2 is 1.80 bits per heavy atom. The average Bonchev–Trinajstić information content (AvgIpc) is 2.33. The van der Waals surface area contributed by atoms with E-state index >= 15 is 0 Å². The number of carbonyl (C=O) groups is 3. The summed E-state index contributed by atoms with van der Waals surface area (Å²) in [7, 11) is 0. The summed E-state index contributed by atoms with van der Waals surface area (Å²) in [6.45, 7) is 6.01. The van der Waals surface area contributed by atoms with Crippen LogP contribution in [-0.2, 0) is 9.59 Å². The van der Waals surface area contributed by atoms with Crippen molar-refractivity contribution in [2.24, 2.45) is 5.73 Å². The van der Waals surface area contributed by atoms with Gasteiger partial charge in [0.1, 0.15) is 6.54 Å². The van der Waals surface area contributed by atoms with E-state index in [9.17, 15) is 14.4 Å². The molecule has 3 N–H and O–H groups in total. The number of aliphatic carboxylic acids is 1. The first-order valence-corrected chi connectivity index (χ1v) is 6.85. The SMILES string of the molecule is CCCCN(CC(N)=O)C(=O)N(CCC(=O)O)C(C)C. The first-order chi connectivity index (χ1) is 9.29. The van der Waals surface area contributed by atoms with Gasteiger partial charge in [0.05, 0.1) is 6.42 Å². The molecule has 7 nitrogen and oxygen atoms in total. The average molecular weight is 287 g/mol. The van der Waals surface area contributed by atoms with E-state index < -0.39 is 11.9 Å². The van der Waals surface area contributed by atoms with Gasteiger partial charge in [0.15, 0.2) is 0 Å². The van der Waals surface area contributed by atoms with Crippen molar-refractivity contribution in [2.75, 3.05) is 19.6 Å². The Kier molecular flexibility index (Phi) is 8.35. The van der Waals surface area contributed by atoms with E-state index in [1.54, 1.807) is 0 Å². The minimum absolute atomic E-state index is 0.118. The van der Waals surface area contributed by atoms with Crippen molar-refractivity contribution < 1.29 is 19.5 Å². The van der Waals surface area contributed by atoms with E-state index in [1.807, 2.05) is 20.8 Å². The van der Waals surface area contributed by atoms with Crippen LogP contribution in [0.1, 0.15) is 40.0 Å². The van der Waals surface area contributed by atoms with Crippen LogP contribution in [0.15, 0.2) is 0 Å². The summed E-state index contributed by atoms with van der Waals surface area (Å²) >= 11 is 0. The van der Waals surface area contributed by atoms with Gasteiger partial charge < -0.3 is 20.6 Å². The summed E-state index contributed by atoms with van der Waals surface area (Å²) in [6, 6.07) is -0.479. The van der Waals surface area contributed by atoms with Crippen LogP contribution in [0.25, 0.3) is 0 Å². The smallest absolute Gasteiger partial charge is 0.320 e. The Morgan fingerprint density at radius 1 is 1.20 bits per heavy atom. The highest BCUT2D eigenvalue weighted by Gasteiger charge is 2.24. The van der Waals surface area contributed by atoms with Crippen LogP contribution in [0.2, 0.25) is 0 Å². The van der Waals surface area contributed by atoms with Gasteiger partial charge in [0.2, 0.25) is 5.91 Å². The maximum absolute atomic E-state index is 12.4. The third-order valence-electron chi connectivity index (χ3n) is 2.83. The number of carboxylic acid groups (broad SMARTS) is 1. The molecule has 0 atom stereocenters. The molecule has 0 aliphatic carbocycles. The molecule has 0 spiro atoms. The number of amides is 3. The lowest BCUT2D eigenvalue weighted by Crippen LogP contribution is -2.49. The minimum atomic E-state index is -0.960. The highest BCUT2D eigenvalue weighted by Crippen LogP contribution is 2.07. The van der Waals surface area contributed by atoms with Crippen molar-refractivity contribution >= 4 is 17.9 Å². The van der Waals surface area contributed by atoms with Gasteiger partial charge in [-0.25, -0.2) is 4.79 Å². The molecule has 0 rings (SSSR count). The Bertz CT molecular complexity index is 345. The van der Waals surface area contributed by atoms with E-state index in [0.717, 1.165) is 12.8 Å². The quantitative estimate of drug-likeness (QED) is 0.656. The molecule has 0 aromatic carbocycles. The van der Waals surface area contributed by atoms with Crippen LogP contribution in [-0.4, -0.2) is 58.5 Å². The van der Waals surface area contributed by atoms with Crippen LogP contribution < -0.4 is 5.73 Å². The molecule has 0 aromatic heterocycles. The highest BCUT2D eigenvalue weighted by molar-refractivity contribution is 5.83. The van der Waals surface area contributed by atoms with E-state index in [0.29, 0.717) is 6.54 Å². The molecule has 0 aliphatic heterocycles. The molecule has 0 bridgehead atoms. The van der Waals surface area contributed by atoms with Gasteiger partial charge in [-0.1, -0.05) is 13.3 Å². The second kappa shape index (κ2) is 9.17. The lowest BCUT2D eigenvalue weighted by atomic mass is 10.2. The van der Waals surface area contributed by atoms with E-state index in [2.05, 4.69) is 0 Å². The van der Waals surface area contributed by atoms with Gasteiger partial charge in [-0.2, -0.15) is 0 Å². The Hall–Kier alpha value is -1.79. The maximum atomic E-state index is 12.4. The summed E-state index contributed by atoms with van der Waals surface area (Å²) in [5.74, 6) is -1.53. The fraction of sp³-hybridized carbons (Fsp3) is 0.769. The standard InChI is InChI=1S/C13H25N3O4/c1-4-5-7-15(9-11(14)17)13(20)16(10(2)3)8-6-12(18)19/h10H,4-9H2,1-3H3,(H2,14,17)(H,18,19). The fourth-order valence-electron chi connectivity index (χ4n) is 1.75. The molecular weight excluding hydrogens is 262 g/mol. The van der Waals surface area contributed by atoms with Gasteiger partial charge in [0, 0.05) is 19.1 Å². The number of hydrogen-bond acceptors (Lipinski definition) is 3. The normalized spacial score (nSPS) is 10.4. The zero-order valence-electron chi connectivity index (χ0n) is 12.5. The molecule has 0 aromatic rings. The van der Waals surface area contributed by atoms with Gasteiger partial charge >= 0.3 is 12.0 Å². The Labute approximate surface area is 119 Å². The van der Waals surface area contributed by atoms with Crippen molar-refractivity contribution in [3.63, 3.8) is 0 Å². The topological polar surface area (TPSA) is 104 Å². The van der Waals surface area contributed by atoms with E-state index in [-0.39, 0.29) is 31.6 Å². The van der Waals surface area contributed by atoms with Crippen molar-refractivity contribution in [3.05, 3.63) is 0 Å². The number of primary amides is 1. The first kappa shape index (κ1) is 18.2. The number of nitrogens with two attached hydrogens (primary N) is 1. The van der Waals surface area contributed by atoms with Crippen LogP contribution >= 0.6 is 0 Å². The van der Waals surface area contributed by atoms with Gasteiger partial charge in [0.25, 0.3) is 0 Å².